The number of carbonyl (C=O) groups excluding carboxylic acids is 2. The first-order valence-corrected chi connectivity index (χ1v) is 24.1. The number of aliphatic hydroxyl groups is 2. The molecule has 0 aliphatic rings. The largest absolute Gasteiger partial charge is 0.472 e. The summed E-state index contributed by atoms with van der Waals surface area (Å²) in [6.07, 6.45) is 45.1. The molecule has 0 aliphatic carbocycles. The molecule has 0 rings (SSSR count). The lowest BCUT2D eigenvalue weighted by molar-refractivity contribution is -0.161. The zero-order valence-electron chi connectivity index (χ0n) is 36.0. The van der Waals surface area contributed by atoms with Gasteiger partial charge in [-0.3, -0.25) is 18.6 Å². The first kappa shape index (κ1) is 54.9. The van der Waals surface area contributed by atoms with Crippen molar-refractivity contribution in [2.45, 2.75) is 206 Å². The Bertz CT molecular complexity index is 1090. The number of ether oxygens (including phenoxy) is 2. The Labute approximate surface area is 347 Å². The zero-order chi connectivity index (χ0) is 41.9. The minimum Gasteiger partial charge on any atom is -0.462 e. The van der Waals surface area contributed by atoms with Gasteiger partial charge in [0.15, 0.2) is 6.10 Å². The van der Waals surface area contributed by atoms with E-state index in [9.17, 15) is 24.2 Å². The SMILES string of the molecule is CC/C=C/C=C/C=C/CCCCCCCC(=O)OC(COC(=O)CCCCCCCCC/C=C/CCCCCCCCCCCC)COP(=O)(O)OC[C@H](O)CO. The highest BCUT2D eigenvalue weighted by Gasteiger charge is 2.27. The van der Waals surface area contributed by atoms with E-state index < -0.39 is 51.8 Å². The molecule has 0 fully saturated rings. The molecule has 0 spiro atoms. The molecular formula is C46H83O10P. The Balaban J connectivity index is 4.23. The number of hydrogen-bond acceptors (Lipinski definition) is 9. The van der Waals surface area contributed by atoms with Crippen LogP contribution in [-0.4, -0.2) is 65.7 Å². The summed E-state index contributed by atoms with van der Waals surface area (Å²) in [7, 11) is -4.62. The third-order valence-electron chi connectivity index (χ3n) is 9.53. The van der Waals surface area contributed by atoms with Crippen LogP contribution < -0.4 is 0 Å². The molecule has 11 heteroatoms. The lowest BCUT2D eigenvalue weighted by Crippen LogP contribution is -2.29. The number of phosphoric ester groups is 1. The molecule has 0 heterocycles. The molecule has 10 nitrogen and oxygen atoms in total. The third-order valence-corrected chi connectivity index (χ3v) is 10.5. The van der Waals surface area contributed by atoms with Gasteiger partial charge >= 0.3 is 19.8 Å². The molecule has 3 N–H and O–H groups in total. The van der Waals surface area contributed by atoms with Crippen molar-refractivity contribution < 1.29 is 47.8 Å². The van der Waals surface area contributed by atoms with Crippen LogP contribution in [-0.2, 0) is 32.7 Å². The van der Waals surface area contributed by atoms with Crippen LogP contribution in [0, 0.1) is 0 Å². The van der Waals surface area contributed by atoms with Gasteiger partial charge in [0.25, 0.3) is 0 Å². The Morgan fingerprint density at radius 2 is 0.982 bits per heavy atom. The molecule has 332 valence electrons. The number of phosphoric acid groups is 1. The van der Waals surface area contributed by atoms with E-state index in [1.165, 1.54) is 89.9 Å². The maximum atomic E-state index is 12.6. The highest BCUT2D eigenvalue weighted by atomic mass is 31.2. The van der Waals surface area contributed by atoms with Crippen LogP contribution in [0.25, 0.3) is 0 Å². The van der Waals surface area contributed by atoms with Gasteiger partial charge in [-0.15, -0.1) is 0 Å². The maximum absolute atomic E-state index is 12.6. The Morgan fingerprint density at radius 3 is 1.49 bits per heavy atom. The predicted octanol–water partition coefficient (Wildman–Crippen LogP) is 12.1. The number of allylic oxidation sites excluding steroid dienone is 8. The quantitative estimate of drug-likeness (QED) is 0.0178. The van der Waals surface area contributed by atoms with Crippen LogP contribution in [0.2, 0.25) is 0 Å². The van der Waals surface area contributed by atoms with Crippen LogP contribution in [0.15, 0.2) is 48.6 Å². The first-order valence-electron chi connectivity index (χ1n) is 22.6. The second-order valence-corrected chi connectivity index (χ2v) is 16.6. The van der Waals surface area contributed by atoms with Crippen LogP contribution in [0.4, 0.5) is 0 Å². The third kappa shape index (κ3) is 41.9. The summed E-state index contributed by atoms with van der Waals surface area (Å²) in [5, 5.41) is 18.3. The lowest BCUT2D eigenvalue weighted by atomic mass is 10.1. The number of hydrogen-bond donors (Lipinski definition) is 3. The Hall–Kier alpha value is -2.07. The molecule has 2 unspecified atom stereocenters. The van der Waals surface area contributed by atoms with Crippen molar-refractivity contribution in [1.29, 1.82) is 0 Å². The van der Waals surface area contributed by atoms with Crippen molar-refractivity contribution >= 4 is 19.8 Å². The van der Waals surface area contributed by atoms with E-state index in [4.69, 9.17) is 19.1 Å². The second kappa shape index (κ2) is 42.1. The average Bonchev–Trinajstić information content (AvgIpc) is 3.20. The molecule has 0 aromatic rings. The van der Waals surface area contributed by atoms with E-state index in [0.717, 1.165) is 64.2 Å². The fourth-order valence-electron chi connectivity index (χ4n) is 6.05. The minimum atomic E-state index is -4.62. The summed E-state index contributed by atoms with van der Waals surface area (Å²) in [6, 6.07) is 0. The normalized spacial score (nSPS) is 14.3. The van der Waals surface area contributed by atoms with Gasteiger partial charge in [0.2, 0.25) is 0 Å². The van der Waals surface area contributed by atoms with Gasteiger partial charge in [-0.2, -0.15) is 0 Å². The highest BCUT2D eigenvalue weighted by Crippen LogP contribution is 2.43. The van der Waals surface area contributed by atoms with Crippen molar-refractivity contribution in [1.82, 2.24) is 0 Å². The summed E-state index contributed by atoms with van der Waals surface area (Å²) in [4.78, 5) is 35.0. The summed E-state index contributed by atoms with van der Waals surface area (Å²) in [6.45, 7) is 2.22. The van der Waals surface area contributed by atoms with Crippen molar-refractivity contribution in [2.24, 2.45) is 0 Å². The standard InChI is InChI=1S/C46H83O10P/c1-3-5-7-9-11-13-15-17-18-19-20-21-22-23-24-26-27-29-31-33-35-37-45(49)53-41-44(42-55-57(51,52)54-40-43(48)39-47)56-46(50)38-36-34-32-30-28-25-16-14-12-10-8-6-4-2/h6,8,10,12,14,16,21-22,43-44,47-48H,3-5,7,9,11,13,15,17-20,23-42H2,1-2H3,(H,51,52)/b8-6+,12-10+,16-14+,22-21+/t43-,44?/m1/s1. The molecule has 0 bridgehead atoms. The number of unbranched alkanes of at least 4 members (excludes halogenated alkanes) is 22. The van der Waals surface area contributed by atoms with Gasteiger partial charge in [-0.25, -0.2) is 4.57 Å². The number of carbonyl (C=O) groups is 2. The smallest absolute Gasteiger partial charge is 0.462 e. The van der Waals surface area contributed by atoms with E-state index in [1.807, 2.05) is 18.2 Å². The van der Waals surface area contributed by atoms with Crippen LogP contribution in [0.5, 0.6) is 0 Å². The molecule has 0 amide bonds. The molecule has 0 saturated carbocycles. The summed E-state index contributed by atoms with van der Waals surface area (Å²) in [5.74, 6) is -0.953. The van der Waals surface area contributed by atoms with Crippen LogP contribution in [0.1, 0.15) is 194 Å². The van der Waals surface area contributed by atoms with Gasteiger partial charge in [-0.1, -0.05) is 172 Å². The van der Waals surface area contributed by atoms with Crippen molar-refractivity contribution in [2.75, 3.05) is 26.4 Å². The molecule has 0 aliphatic heterocycles. The molecule has 3 atom stereocenters. The fraction of sp³-hybridized carbons (Fsp3) is 0.783. The maximum Gasteiger partial charge on any atom is 0.472 e. The Kier molecular flexibility index (Phi) is 40.5. The van der Waals surface area contributed by atoms with Gasteiger partial charge < -0.3 is 24.6 Å². The van der Waals surface area contributed by atoms with Crippen molar-refractivity contribution in [3.8, 4) is 0 Å². The topological polar surface area (TPSA) is 149 Å². The number of aliphatic hydroxyl groups excluding tert-OH is 2. The summed E-state index contributed by atoms with van der Waals surface area (Å²) >= 11 is 0. The first-order chi connectivity index (χ1) is 27.7. The lowest BCUT2D eigenvalue weighted by Gasteiger charge is -2.20. The number of esters is 2. The predicted molar refractivity (Wildman–Crippen MR) is 233 cm³/mol. The monoisotopic (exact) mass is 827 g/mol. The zero-order valence-corrected chi connectivity index (χ0v) is 36.9. The van der Waals surface area contributed by atoms with Gasteiger partial charge in [0.05, 0.1) is 19.8 Å². The number of rotatable bonds is 42. The molecule has 57 heavy (non-hydrogen) atoms. The second-order valence-electron chi connectivity index (χ2n) is 15.1. The van der Waals surface area contributed by atoms with E-state index in [2.05, 4.69) is 48.8 Å². The fourth-order valence-corrected chi connectivity index (χ4v) is 6.84. The summed E-state index contributed by atoms with van der Waals surface area (Å²) < 4.78 is 32.7. The molecule has 0 saturated heterocycles. The minimum absolute atomic E-state index is 0.159. The molecule has 0 radical (unpaired) electrons. The molecule has 0 aromatic heterocycles. The average molecular weight is 827 g/mol. The molecule has 0 aromatic carbocycles. The van der Waals surface area contributed by atoms with Gasteiger partial charge in [0, 0.05) is 12.8 Å². The Morgan fingerprint density at radius 1 is 0.544 bits per heavy atom. The van der Waals surface area contributed by atoms with Crippen LogP contribution in [0.3, 0.4) is 0 Å². The summed E-state index contributed by atoms with van der Waals surface area (Å²) in [5.41, 5.74) is 0. The van der Waals surface area contributed by atoms with Gasteiger partial charge in [0.1, 0.15) is 12.7 Å². The van der Waals surface area contributed by atoms with E-state index in [1.54, 1.807) is 0 Å². The van der Waals surface area contributed by atoms with E-state index in [0.29, 0.717) is 12.8 Å². The van der Waals surface area contributed by atoms with Gasteiger partial charge in [-0.05, 0) is 57.8 Å². The van der Waals surface area contributed by atoms with Crippen molar-refractivity contribution in [3.05, 3.63) is 48.6 Å². The highest BCUT2D eigenvalue weighted by molar-refractivity contribution is 7.47. The van der Waals surface area contributed by atoms with E-state index >= 15 is 0 Å². The van der Waals surface area contributed by atoms with Crippen molar-refractivity contribution in [3.63, 3.8) is 0 Å². The van der Waals surface area contributed by atoms with E-state index in [-0.39, 0.29) is 19.4 Å². The molecular weight excluding hydrogens is 743 g/mol. The van der Waals surface area contributed by atoms with Crippen LogP contribution >= 0.6 is 7.82 Å².